The van der Waals surface area contributed by atoms with Crippen molar-refractivity contribution in [3.63, 3.8) is 0 Å². The third-order valence-electron chi connectivity index (χ3n) is 4.16. The second kappa shape index (κ2) is 8.17. The quantitative estimate of drug-likeness (QED) is 0.723. The number of fused-ring (bicyclic) bond motifs is 1. The van der Waals surface area contributed by atoms with Crippen molar-refractivity contribution in [2.45, 2.75) is 31.4 Å². The highest BCUT2D eigenvalue weighted by atomic mass is 16.7. The van der Waals surface area contributed by atoms with Crippen molar-refractivity contribution < 1.29 is 28.5 Å². The summed E-state index contributed by atoms with van der Waals surface area (Å²) >= 11 is 0. The van der Waals surface area contributed by atoms with E-state index in [4.69, 9.17) is 24.7 Å². The van der Waals surface area contributed by atoms with Crippen molar-refractivity contribution in [3.05, 3.63) is 23.8 Å². The molecule has 1 saturated heterocycles. The largest absolute Gasteiger partial charge is 0.454 e. The van der Waals surface area contributed by atoms with Gasteiger partial charge in [0.15, 0.2) is 11.5 Å². The van der Waals surface area contributed by atoms with Crippen LogP contribution in [0.1, 0.15) is 18.4 Å². The highest BCUT2D eigenvalue weighted by molar-refractivity contribution is 5.77. The zero-order chi connectivity index (χ0) is 17.6. The fourth-order valence-corrected chi connectivity index (χ4v) is 2.87. The first-order chi connectivity index (χ1) is 12.1. The minimum Gasteiger partial charge on any atom is -0.454 e. The Balaban J connectivity index is 1.48. The van der Waals surface area contributed by atoms with Crippen molar-refractivity contribution in [1.29, 1.82) is 0 Å². The van der Waals surface area contributed by atoms with E-state index in [0.717, 1.165) is 11.3 Å². The molecule has 0 spiro atoms. The molecule has 136 valence electrons. The van der Waals surface area contributed by atoms with Gasteiger partial charge in [0, 0.05) is 13.0 Å². The molecule has 0 aliphatic carbocycles. The van der Waals surface area contributed by atoms with Gasteiger partial charge in [0.2, 0.25) is 18.6 Å². The second-order valence-electron chi connectivity index (χ2n) is 6.04. The average Bonchev–Trinajstić information content (AvgIpc) is 3.07. The third kappa shape index (κ3) is 4.83. The number of carbonyl (C=O) groups is 2. The first-order valence-corrected chi connectivity index (χ1v) is 8.27. The van der Waals surface area contributed by atoms with Gasteiger partial charge in [-0.3, -0.25) is 9.59 Å². The van der Waals surface area contributed by atoms with E-state index in [1.54, 1.807) is 0 Å². The number of nitrogens with two attached hydrogens (primary N) is 1. The van der Waals surface area contributed by atoms with Crippen LogP contribution in [-0.4, -0.2) is 50.6 Å². The number of aryl methyl sites for hydroxylation is 1. The van der Waals surface area contributed by atoms with Gasteiger partial charge < -0.3 is 30.0 Å². The SMILES string of the molecule is NC(=O)CO[C@@H]1CCOC[C@@H]1NC(=O)CCc1ccc2c(c1)OCO2. The lowest BCUT2D eigenvalue weighted by Crippen LogP contribution is -2.51. The van der Waals surface area contributed by atoms with Crippen LogP contribution in [0.4, 0.5) is 0 Å². The van der Waals surface area contributed by atoms with Gasteiger partial charge >= 0.3 is 0 Å². The Morgan fingerprint density at radius 3 is 2.96 bits per heavy atom. The fourth-order valence-electron chi connectivity index (χ4n) is 2.87. The first kappa shape index (κ1) is 17.5. The summed E-state index contributed by atoms with van der Waals surface area (Å²) < 4.78 is 21.5. The number of benzene rings is 1. The maximum Gasteiger partial charge on any atom is 0.243 e. The average molecular weight is 350 g/mol. The first-order valence-electron chi connectivity index (χ1n) is 8.27. The monoisotopic (exact) mass is 350 g/mol. The molecular formula is C17H22N2O6. The third-order valence-corrected chi connectivity index (χ3v) is 4.16. The van der Waals surface area contributed by atoms with E-state index in [9.17, 15) is 9.59 Å². The van der Waals surface area contributed by atoms with Gasteiger partial charge in [-0.05, 0) is 30.5 Å². The molecule has 2 amide bonds. The molecule has 3 N–H and O–H groups in total. The normalized spacial score (nSPS) is 21.8. The summed E-state index contributed by atoms with van der Waals surface area (Å²) in [7, 11) is 0. The van der Waals surface area contributed by atoms with E-state index in [-0.39, 0.29) is 31.5 Å². The van der Waals surface area contributed by atoms with Crippen molar-refractivity contribution in [2.75, 3.05) is 26.6 Å². The number of amides is 2. The van der Waals surface area contributed by atoms with Crippen LogP contribution in [0.2, 0.25) is 0 Å². The topological polar surface area (TPSA) is 109 Å². The Morgan fingerprint density at radius 2 is 2.12 bits per heavy atom. The van der Waals surface area contributed by atoms with Gasteiger partial charge in [0.25, 0.3) is 0 Å². The molecule has 25 heavy (non-hydrogen) atoms. The summed E-state index contributed by atoms with van der Waals surface area (Å²) in [6.45, 7) is 0.966. The van der Waals surface area contributed by atoms with E-state index in [1.165, 1.54) is 0 Å². The standard InChI is InChI=1S/C17H22N2O6/c18-16(20)9-23-13-5-6-22-8-12(13)19-17(21)4-2-11-1-3-14-15(7-11)25-10-24-14/h1,3,7,12-13H,2,4-6,8-10H2,(H2,18,20)(H,19,21)/t12-,13+/m0/s1. The number of rotatable bonds is 7. The highest BCUT2D eigenvalue weighted by Gasteiger charge is 2.28. The molecule has 2 aliphatic heterocycles. The predicted octanol–water partition coefficient (Wildman–Crippen LogP) is 0.123. The van der Waals surface area contributed by atoms with E-state index in [0.29, 0.717) is 38.2 Å². The summed E-state index contributed by atoms with van der Waals surface area (Å²) in [5.41, 5.74) is 6.11. The summed E-state index contributed by atoms with van der Waals surface area (Å²) in [4.78, 5) is 23.1. The summed E-state index contributed by atoms with van der Waals surface area (Å²) in [6, 6.07) is 5.37. The van der Waals surface area contributed by atoms with Crippen LogP contribution in [0.3, 0.4) is 0 Å². The maximum absolute atomic E-state index is 12.2. The molecule has 8 nitrogen and oxygen atoms in total. The number of hydrogen-bond acceptors (Lipinski definition) is 6. The van der Waals surface area contributed by atoms with Gasteiger partial charge in [-0.15, -0.1) is 0 Å². The summed E-state index contributed by atoms with van der Waals surface area (Å²) in [5.74, 6) is 0.806. The van der Waals surface area contributed by atoms with Crippen LogP contribution < -0.4 is 20.5 Å². The highest BCUT2D eigenvalue weighted by Crippen LogP contribution is 2.32. The molecule has 0 unspecified atom stereocenters. The summed E-state index contributed by atoms with van der Waals surface area (Å²) in [6.07, 6.45) is 1.26. The van der Waals surface area contributed by atoms with Gasteiger partial charge in [-0.25, -0.2) is 0 Å². The van der Waals surface area contributed by atoms with Crippen LogP contribution >= 0.6 is 0 Å². The molecule has 1 aromatic rings. The molecule has 2 aliphatic rings. The van der Waals surface area contributed by atoms with Gasteiger partial charge in [0.1, 0.15) is 6.61 Å². The van der Waals surface area contributed by atoms with E-state index >= 15 is 0 Å². The maximum atomic E-state index is 12.2. The summed E-state index contributed by atoms with van der Waals surface area (Å²) in [5, 5.41) is 2.92. The Hall–Kier alpha value is -2.32. The fraction of sp³-hybridized carbons (Fsp3) is 0.529. The lowest BCUT2D eigenvalue weighted by Gasteiger charge is -2.31. The number of nitrogens with one attached hydrogen (secondary N) is 1. The van der Waals surface area contributed by atoms with Crippen LogP contribution in [0.15, 0.2) is 18.2 Å². The number of carbonyl (C=O) groups excluding carboxylic acids is 2. The number of hydrogen-bond donors (Lipinski definition) is 2. The van der Waals surface area contributed by atoms with Gasteiger partial charge in [0.05, 0.1) is 18.8 Å². The Morgan fingerprint density at radius 1 is 1.28 bits per heavy atom. The van der Waals surface area contributed by atoms with Gasteiger partial charge in [-0.1, -0.05) is 6.07 Å². The zero-order valence-electron chi connectivity index (χ0n) is 13.9. The van der Waals surface area contributed by atoms with Crippen molar-refractivity contribution >= 4 is 11.8 Å². The van der Waals surface area contributed by atoms with Crippen LogP contribution in [0.25, 0.3) is 0 Å². The Kier molecular flexibility index (Phi) is 5.72. The van der Waals surface area contributed by atoms with Crippen LogP contribution in [-0.2, 0) is 25.5 Å². The lowest BCUT2D eigenvalue weighted by atomic mass is 10.1. The molecule has 3 rings (SSSR count). The molecular weight excluding hydrogens is 328 g/mol. The molecule has 0 aromatic heterocycles. The number of primary amides is 1. The molecule has 0 saturated carbocycles. The Bertz CT molecular complexity index is 636. The van der Waals surface area contributed by atoms with Crippen molar-refractivity contribution in [1.82, 2.24) is 5.32 Å². The van der Waals surface area contributed by atoms with Crippen LogP contribution in [0.5, 0.6) is 11.5 Å². The molecule has 2 atom stereocenters. The smallest absolute Gasteiger partial charge is 0.243 e. The minimum atomic E-state index is -0.528. The molecule has 1 aromatic carbocycles. The zero-order valence-corrected chi connectivity index (χ0v) is 13.9. The molecule has 0 bridgehead atoms. The van der Waals surface area contributed by atoms with Crippen LogP contribution in [0, 0.1) is 0 Å². The molecule has 0 radical (unpaired) electrons. The molecule has 2 heterocycles. The predicted molar refractivity (Wildman–Crippen MR) is 87.2 cm³/mol. The number of ether oxygens (including phenoxy) is 4. The van der Waals surface area contributed by atoms with E-state index in [2.05, 4.69) is 5.32 Å². The van der Waals surface area contributed by atoms with Crippen molar-refractivity contribution in [2.24, 2.45) is 5.73 Å². The van der Waals surface area contributed by atoms with E-state index < -0.39 is 5.91 Å². The molecule has 8 heteroatoms. The molecule has 1 fully saturated rings. The van der Waals surface area contributed by atoms with Crippen molar-refractivity contribution in [3.8, 4) is 11.5 Å². The lowest BCUT2D eigenvalue weighted by molar-refractivity contribution is -0.131. The second-order valence-corrected chi connectivity index (χ2v) is 6.04. The van der Waals surface area contributed by atoms with Gasteiger partial charge in [-0.2, -0.15) is 0 Å². The van der Waals surface area contributed by atoms with E-state index in [1.807, 2.05) is 18.2 Å². The Labute approximate surface area is 145 Å². The minimum absolute atomic E-state index is 0.0964.